The summed E-state index contributed by atoms with van der Waals surface area (Å²) in [6, 6.07) is 18.8. The van der Waals surface area contributed by atoms with E-state index >= 15 is 0 Å². The maximum absolute atomic E-state index is 11.2. The van der Waals surface area contributed by atoms with Gasteiger partial charge < -0.3 is 0 Å². The van der Waals surface area contributed by atoms with Crippen molar-refractivity contribution in [1.29, 1.82) is 0 Å². The predicted molar refractivity (Wildman–Crippen MR) is 95.9 cm³/mol. The van der Waals surface area contributed by atoms with Crippen molar-refractivity contribution in [2.24, 2.45) is 11.8 Å². The number of benzene rings is 2. The summed E-state index contributed by atoms with van der Waals surface area (Å²) in [6.07, 6.45) is 0.824. The Morgan fingerprint density at radius 3 is 1.73 bits per heavy atom. The minimum atomic E-state index is 0.104. The lowest BCUT2D eigenvalue weighted by Crippen LogP contribution is -2.09. The van der Waals surface area contributed by atoms with E-state index in [0.717, 1.165) is 12.3 Å². The Hall–Kier alpha value is -1.89. The normalized spacial score (nSPS) is 11.5. The van der Waals surface area contributed by atoms with Crippen LogP contribution in [0.25, 0.3) is 11.1 Å². The van der Waals surface area contributed by atoms with Crippen molar-refractivity contribution < 1.29 is 4.79 Å². The second kappa shape index (κ2) is 9.19. The fourth-order valence-electron chi connectivity index (χ4n) is 1.96. The molecule has 0 radical (unpaired) electrons. The molecule has 1 nitrogen and oxygen atoms in total. The molecule has 0 aliphatic carbocycles. The van der Waals surface area contributed by atoms with E-state index < -0.39 is 0 Å². The molecular formula is C21H28O. The zero-order valence-electron chi connectivity index (χ0n) is 14.5. The first-order valence-corrected chi connectivity index (χ1v) is 8.05. The first kappa shape index (κ1) is 18.2. The van der Waals surface area contributed by atoms with Gasteiger partial charge in [0.1, 0.15) is 5.78 Å². The average Bonchev–Trinajstić information content (AvgIpc) is 2.48. The summed E-state index contributed by atoms with van der Waals surface area (Å²) in [4.78, 5) is 11.2. The Morgan fingerprint density at radius 2 is 1.27 bits per heavy atom. The van der Waals surface area contributed by atoms with Crippen molar-refractivity contribution in [2.45, 2.75) is 41.0 Å². The first-order valence-electron chi connectivity index (χ1n) is 8.05. The SMILES string of the molecule is CC(=O)C(C)Cc1ccc(-c2ccccc2)cc1.CC(C)C. The van der Waals surface area contributed by atoms with Gasteiger partial charge in [-0.3, -0.25) is 4.79 Å². The van der Waals surface area contributed by atoms with Crippen LogP contribution < -0.4 is 0 Å². The molecule has 118 valence electrons. The van der Waals surface area contributed by atoms with Crippen LogP contribution in [0.1, 0.15) is 40.2 Å². The van der Waals surface area contributed by atoms with Crippen LogP contribution in [-0.2, 0) is 11.2 Å². The standard InChI is InChI=1S/C17H18O.C4H10/c1-13(14(2)18)12-15-8-10-17(11-9-15)16-6-4-3-5-7-16;1-4(2)3/h3-11,13H,12H2,1-2H3;4H,1-3H3. The Morgan fingerprint density at radius 1 is 0.818 bits per heavy atom. The molecule has 2 aromatic rings. The molecule has 0 heterocycles. The minimum Gasteiger partial charge on any atom is -0.300 e. The summed E-state index contributed by atoms with van der Waals surface area (Å²) < 4.78 is 0. The molecule has 2 rings (SSSR count). The highest BCUT2D eigenvalue weighted by molar-refractivity contribution is 5.78. The molecule has 22 heavy (non-hydrogen) atoms. The maximum Gasteiger partial charge on any atom is 0.132 e. The molecule has 2 aromatic carbocycles. The molecule has 1 unspecified atom stereocenters. The van der Waals surface area contributed by atoms with Crippen LogP contribution in [0, 0.1) is 11.8 Å². The van der Waals surface area contributed by atoms with Crippen molar-refractivity contribution >= 4 is 5.78 Å². The number of rotatable bonds is 4. The van der Waals surface area contributed by atoms with Gasteiger partial charge in [0.2, 0.25) is 0 Å². The number of carbonyl (C=O) groups excluding carboxylic acids is 1. The third-order valence-electron chi connectivity index (χ3n) is 3.30. The van der Waals surface area contributed by atoms with Crippen LogP contribution in [0.2, 0.25) is 0 Å². The molecule has 0 N–H and O–H groups in total. The minimum absolute atomic E-state index is 0.104. The lowest BCUT2D eigenvalue weighted by atomic mass is 9.96. The van der Waals surface area contributed by atoms with E-state index in [9.17, 15) is 4.79 Å². The summed E-state index contributed by atoms with van der Waals surface area (Å²) in [7, 11) is 0. The van der Waals surface area contributed by atoms with Gasteiger partial charge in [0.15, 0.2) is 0 Å². The van der Waals surface area contributed by atoms with E-state index in [1.54, 1.807) is 6.92 Å². The monoisotopic (exact) mass is 296 g/mol. The number of hydrogen-bond acceptors (Lipinski definition) is 1. The summed E-state index contributed by atoms with van der Waals surface area (Å²) in [5.41, 5.74) is 3.66. The summed E-state index contributed by atoms with van der Waals surface area (Å²) >= 11 is 0. The molecule has 0 aliphatic rings. The Balaban J connectivity index is 0.000000541. The fourth-order valence-corrected chi connectivity index (χ4v) is 1.96. The first-order chi connectivity index (χ1) is 10.4. The Labute approximate surface area is 135 Å². The zero-order valence-corrected chi connectivity index (χ0v) is 14.5. The second-order valence-electron chi connectivity index (χ2n) is 6.51. The van der Waals surface area contributed by atoms with E-state index in [0.29, 0.717) is 0 Å². The van der Waals surface area contributed by atoms with Crippen molar-refractivity contribution in [3.8, 4) is 11.1 Å². The van der Waals surface area contributed by atoms with Crippen molar-refractivity contribution in [3.63, 3.8) is 0 Å². The third-order valence-corrected chi connectivity index (χ3v) is 3.30. The zero-order chi connectivity index (χ0) is 16.5. The van der Waals surface area contributed by atoms with Gasteiger partial charge in [0.05, 0.1) is 0 Å². The second-order valence-corrected chi connectivity index (χ2v) is 6.51. The molecule has 0 aromatic heterocycles. The summed E-state index contributed by atoms with van der Waals surface area (Å²) in [5, 5.41) is 0. The van der Waals surface area contributed by atoms with Gasteiger partial charge in [0, 0.05) is 5.92 Å². The lowest BCUT2D eigenvalue weighted by molar-refractivity contribution is -0.120. The molecule has 0 saturated carbocycles. The number of hydrogen-bond donors (Lipinski definition) is 0. The highest BCUT2D eigenvalue weighted by Gasteiger charge is 2.08. The average molecular weight is 296 g/mol. The van der Waals surface area contributed by atoms with E-state index in [2.05, 4.69) is 57.2 Å². The van der Waals surface area contributed by atoms with Crippen molar-refractivity contribution in [3.05, 3.63) is 60.2 Å². The van der Waals surface area contributed by atoms with Gasteiger partial charge in [-0.25, -0.2) is 0 Å². The molecule has 0 saturated heterocycles. The van der Waals surface area contributed by atoms with Crippen LogP contribution in [0.3, 0.4) is 0 Å². The van der Waals surface area contributed by atoms with Crippen LogP contribution in [0.5, 0.6) is 0 Å². The molecule has 0 bridgehead atoms. The van der Waals surface area contributed by atoms with E-state index in [-0.39, 0.29) is 11.7 Å². The number of Topliss-reactive ketones (excluding diaryl/α,β-unsaturated/α-hetero) is 1. The third kappa shape index (κ3) is 6.71. The van der Waals surface area contributed by atoms with Gasteiger partial charge in [0.25, 0.3) is 0 Å². The molecule has 0 spiro atoms. The lowest BCUT2D eigenvalue weighted by Gasteiger charge is -2.08. The highest BCUT2D eigenvalue weighted by Crippen LogP contribution is 2.20. The van der Waals surface area contributed by atoms with Crippen molar-refractivity contribution in [2.75, 3.05) is 0 Å². The fraction of sp³-hybridized carbons (Fsp3) is 0.381. The molecule has 0 fully saturated rings. The van der Waals surface area contributed by atoms with E-state index in [1.165, 1.54) is 16.7 Å². The topological polar surface area (TPSA) is 17.1 Å². The van der Waals surface area contributed by atoms with Crippen LogP contribution in [0.4, 0.5) is 0 Å². The quantitative estimate of drug-likeness (QED) is 0.698. The van der Waals surface area contributed by atoms with Crippen LogP contribution >= 0.6 is 0 Å². The summed E-state index contributed by atoms with van der Waals surface area (Å²) in [6.45, 7) is 10.1. The predicted octanol–water partition coefficient (Wildman–Crippen LogP) is 5.78. The summed E-state index contributed by atoms with van der Waals surface area (Å²) in [5.74, 6) is 1.19. The molecule has 0 aliphatic heterocycles. The van der Waals surface area contributed by atoms with Gasteiger partial charge in [-0.05, 0) is 36.0 Å². The van der Waals surface area contributed by atoms with Gasteiger partial charge >= 0.3 is 0 Å². The largest absolute Gasteiger partial charge is 0.300 e. The van der Waals surface area contributed by atoms with Crippen LogP contribution in [-0.4, -0.2) is 5.78 Å². The highest BCUT2D eigenvalue weighted by atomic mass is 16.1. The van der Waals surface area contributed by atoms with Gasteiger partial charge in [-0.2, -0.15) is 0 Å². The van der Waals surface area contributed by atoms with E-state index in [1.807, 2.05) is 25.1 Å². The van der Waals surface area contributed by atoms with Crippen LogP contribution in [0.15, 0.2) is 54.6 Å². The molecule has 1 atom stereocenters. The molecular weight excluding hydrogens is 268 g/mol. The number of ketones is 1. The Bertz CT molecular complexity index is 549. The molecule has 0 amide bonds. The smallest absolute Gasteiger partial charge is 0.132 e. The van der Waals surface area contributed by atoms with Gasteiger partial charge in [-0.1, -0.05) is 82.3 Å². The maximum atomic E-state index is 11.2. The van der Waals surface area contributed by atoms with Crippen molar-refractivity contribution in [1.82, 2.24) is 0 Å². The molecule has 1 heteroatoms. The Kier molecular flexibility index (Phi) is 7.59. The van der Waals surface area contributed by atoms with Gasteiger partial charge in [-0.15, -0.1) is 0 Å². The number of carbonyl (C=O) groups is 1. The van der Waals surface area contributed by atoms with E-state index in [4.69, 9.17) is 0 Å².